The quantitative estimate of drug-likeness (QED) is 0.464. The molecule has 34 heavy (non-hydrogen) atoms. The normalized spacial score (nSPS) is 18.7. The third kappa shape index (κ3) is 5.08. The number of hydrogen-bond donors (Lipinski definition) is 0. The number of nitrogens with zero attached hydrogens (tertiary/aromatic N) is 3. The summed E-state index contributed by atoms with van der Waals surface area (Å²) in [6, 6.07) is 2.67. The van der Waals surface area contributed by atoms with Crippen LogP contribution in [-0.4, -0.2) is 32.7 Å². The van der Waals surface area contributed by atoms with Gasteiger partial charge in [-0.25, -0.2) is 14.2 Å². The minimum Gasteiger partial charge on any atom is -0.444 e. The predicted octanol–water partition coefficient (Wildman–Crippen LogP) is 6.41. The smallest absolute Gasteiger partial charge is 0.419 e. The standard InChI is InChI=1S/C25H31F4N3O2/c1-5-19-21-20(11-7-15-6-10-17(18(26)14-15)25(27,28)29)31(23(33)34-24(2,3)4)12-13-32(21)22(30-19)16-8-9-16/h6,10,14,16,20H,5,7-9,11-13H2,1-4H3. The van der Waals surface area contributed by atoms with E-state index >= 15 is 0 Å². The molecule has 0 spiro atoms. The van der Waals surface area contributed by atoms with Gasteiger partial charge in [0.05, 0.1) is 23.0 Å². The molecule has 1 saturated carbocycles. The molecule has 2 aromatic rings. The summed E-state index contributed by atoms with van der Waals surface area (Å²) in [4.78, 5) is 19.7. The van der Waals surface area contributed by atoms with E-state index in [1.54, 1.807) is 4.90 Å². The number of hydrogen-bond acceptors (Lipinski definition) is 3. The van der Waals surface area contributed by atoms with Crippen molar-refractivity contribution in [2.75, 3.05) is 6.54 Å². The fraction of sp³-hybridized carbons (Fsp3) is 0.600. The number of carbonyl (C=O) groups is 1. The number of halogens is 4. The van der Waals surface area contributed by atoms with Gasteiger partial charge in [0.1, 0.15) is 17.2 Å². The zero-order chi connectivity index (χ0) is 24.8. The van der Waals surface area contributed by atoms with E-state index in [1.807, 2.05) is 27.7 Å². The number of ether oxygens (including phenoxy) is 1. The molecular formula is C25H31F4N3O2. The maximum absolute atomic E-state index is 14.1. The third-order valence-electron chi connectivity index (χ3n) is 6.32. The molecule has 0 radical (unpaired) electrons. The molecule has 2 aliphatic rings. The Balaban J connectivity index is 1.65. The Morgan fingerprint density at radius 3 is 2.44 bits per heavy atom. The van der Waals surface area contributed by atoms with Gasteiger partial charge in [-0.3, -0.25) is 4.90 Å². The number of benzene rings is 1. The van der Waals surface area contributed by atoms with Crippen LogP contribution in [0.3, 0.4) is 0 Å². The molecule has 1 aliphatic carbocycles. The number of alkyl halides is 3. The van der Waals surface area contributed by atoms with Gasteiger partial charge in [0.2, 0.25) is 0 Å². The van der Waals surface area contributed by atoms with E-state index in [0.717, 1.165) is 42.2 Å². The van der Waals surface area contributed by atoms with Crippen LogP contribution in [0.1, 0.15) is 87.3 Å². The van der Waals surface area contributed by atoms with Crippen molar-refractivity contribution in [1.82, 2.24) is 14.5 Å². The second-order valence-electron chi connectivity index (χ2n) is 10.1. The fourth-order valence-electron chi connectivity index (χ4n) is 4.65. The van der Waals surface area contributed by atoms with Gasteiger partial charge in [-0.2, -0.15) is 13.2 Å². The molecule has 0 N–H and O–H groups in total. The number of aromatic nitrogens is 2. The van der Waals surface area contributed by atoms with Crippen molar-refractivity contribution >= 4 is 6.09 Å². The van der Waals surface area contributed by atoms with E-state index in [4.69, 9.17) is 9.72 Å². The summed E-state index contributed by atoms with van der Waals surface area (Å²) in [5.41, 5.74) is 0.409. The molecule has 1 unspecified atom stereocenters. The average molecular weight is 482 g/mol. The number of aryl methyl sites for hydroxylation is 2. The van der Waals surface area contributed by atoms with Crippen LogP contribution >= 0.6 is 0 Å². The van der Waals surface area contributed by atoms with Gasteiger partial charge in [0.25, 0.3) is 0 Å². The second-order valence-corrected chi connectivity index (χ2v) is 10.1. The minimum absolute atomic E-state index is 0.312. The second kappa shape index (κ2) is 8.89. The van der Waals surface area contributed by atoms with Crippen LogP contribution in [0.15, 0.2) is 18.2 Å². The first-order chi connectivity index (χ1) is 15.9. The van der Waals surface area contributed by atoms with Gasteiger partial charge in [-0.15, -0.1) is 0 Å². The summed E-state index contributed by atoms with van der Waals surface area (Å²) in [5.74, 6) is 0.214. The fourth-order valence-corrected chi connectivity index (χ4v) is 4.65. The lowest BCUT2D eigenvalue weighted by atomic mass is 9.97. The van der Waals surface area contributed by atoms with Crippen LogP contribution in [0.2, 0.25) is 0 Å². The molecule has 1 aromatic carbocycles. The first kappa shape index (κ1) is 24.5. The molecule has 1 atom stereocenters. The van der Waals surface area contributed by atoms with Crippen molar-refractivity contribution in [1.29, 1.82) is 0 Å². The Hall–Kier alpha value is -2.58. The molecule has 1 aliphatic heterocycles. The zero-order valence-electron chi connectivity index (χ0n) is 20.0. The highest BCUT2D eigenvalue weighted by Crippen LogP contribution is 2.43. The summed E-state index contributed by atoms with van der Waals surface area (Å²) in [5, 5.41) is 0. The van der Waals surface area contributed by atoms with Crippen LogP contribution < -0.4 is 0 Å². The zero-order valence-corrected chi connectivity index (χ0v) is 20.0. The average Bonchev–Trinajstić information content (AvgIpc) is 3.50. The monoisotopic (exact) mass is 481 g/mol. The number of imidazole rings is 1. The molecule has 9 heteroatoms. The number of carbonyl (C=O) groups excluding carboxylic acids is 1. The minimum atomic E-state index is -4.73. The van der Waals surface area contributed by atoms with Crippen LogP contribution in [0.5, 0.6) is 0 Å². The summed E-state index contributed by atoms with van der Waals surface area (Å²) in [6.07, 6.45) is -1.52. The van der Waals surface area contributed by atoms with Crippen LogP contribution in [0, 0.1) is 5.82 Å². The highest BCUT2D eigenvalue weighted by atomic mass is 19.4. The SMILES string of the molecule is CCc1nc(C2CC2)n2c1C(CCc1ccc(C(F)(F)F)c(F)c1)N(C(=O)OC(C)(C)C)CC2. The molecule has 0 bridgehead atoms. The van der Waals surface area contributed by atoms with E-state index < -0.39 is 29.3 Å². The third-order valence-corrected chi connectivity index (χ3v) is 6.32. The van der Waals surface area contributed by atoms with Gasteiger partial charge in [-0.1, -0.05) is 13.0 Å². The molecule has 186 valence electrons. The summed E-state index contributed by atoms with van der Waals surface area (Å²) >= 11 is 0. The van der Waals surface area contributed by atoms with E-state index in [9.17, 15) is 22.4 Å². The summed E-state index contributed by atoms with van der Waals surface area (Å²) < 4.78 is 60.9. The Kier molecular flexibility index (Phi) is 6.42. The van der Waals surface area contributed by atoms with Crippen LogP contribution in [0.4, 0.5) is 22.4 Å². The van der Waals surface area contributed by atoms with E-state index in [0.29, 0.717) is 43.8 Å². The van der Waals surface area contributed by atoms with Gasteiger partial charge in [-0.05, 0) is 70.6 Å². The molecule has 1 fully saturated rings. The van der Waals surface area contributed by atoms with E-state index in [1.165, 1.54) is 6.07 Å². The van der Waals surface area contributed by atoms with Crippen molar-refractivity contribution in [2.45, 2.75) is 90.1 Å². The molecule has 1 amide bonds. The van der Waals surface area contributed by atoms with Gasteiger partial charge in [0, 0.05) is 19.0 Å². The Morgan fingerprint density at radius 1 is 1.18 bits per heavy atom. The molecular weight excluding hydrogens is 450 g/mol. The molecule has 5 nitrogen and oxygen atoms in total. The maximum Gasteiger partial charge on any atom is 0.419 e. The van der Waals surface area contributed by atoms with Crippen LogP contribution in [-0.2, 0) is 30.3 Å². The first-order valence-corrected chi connectivity index (χ1v) is 11.8. The van der Waals surface area contributed by atoms with E-state index in [2.05, 4.69) is 4.57 Å². The summed E-state index contributed by atoms with van der Waals surface area (Å²) in [6.45, 7) is 8.52. The van der Waals surface area contributed by atoms with Crippen LogP contribution in [0.25, 0.3) is 0 Å². The number of fused-ring (bicyclic) bond motifs is 1. The molecule has 2 heterocycles. The number of amides is 1. The molecule has 0 saturated heterocycles. The van der Waals surface area contributed by atoms with Crippen molar-refractivity contribution in [3.8, 4) is 0 Å². The first-order valence-electron chi connectivity index (χ1n) is 11.8. The van der Waals surface area contributed by atoms with E-state index in [-0.39, 0.29) is 6.04 Å². The summed E-state index contributed by atoms with van der Waals surface area (Å²) in [7, 11) is 0. The Morgan fingerprint density at radius 2 is 1.88 bits per heavy atom. The highest BCUT2D eigenvalue weighted by Gasteiger charge is 2.40. The Bertz CT molecular complexity index is 1070. The lowest BCUT2D eigenvalue weighted by molar-refractivity contribution is -0.140. The molecule has 1 aromatic heterocycles. The van der Waals surface area contributed by atoms with Crippen molar-refractivity contribution in [2.24, 2.45) is 0 Å². The van der Waals surface area contributed by atoms with Gasteiger partial charge >= 0.3 is 12.3 Å². The maximum atomic E-state index is 14.1. The van der Waals surface area contributed by atoms with Crippen molar-refractivity contribution in [3.63, 3.8) is 0 Å². The lowest BCUT2D eigenvalue weighted by Gasteiger charge is -2.38. The largest absolute Gasteiger partial charge is 0.444 e. The highest BCUT2D eigenvalue weighted by molar-refractivity contribution is 5.69. The number of rotatable bonds is 5. The van der Waals surface area contributed by atoms with Crippen molar-refractivity contribution < 1.29 is 27.1 Å². The van der Waals surface area contributed by atoms with Gasteiger partial charge in [0.15, 0.2) is 0 Å². The predicted molar refractivity (Wildman–Crippen MR) is 119 cm³/mol. The lowest BCUT2D eigenvalue weighted by Crippen LogP contribution is -2.45. The van der Waals surface area contributed by atoms with Crippen molar-refractivity contribution in [3.05, 3.63) is 52.4 Å². The molecule has 4 rings (SSSR count). The topological polar surface area (TPSA) is 47.4 Å². The Labute approximate surface area is 197 Å². The van der Waals surface area contributed by atoms with Gasteiger partial charge < -0.3 is 9.30 Å².